The molecule has 0 spiro atoms. The van der Waals surface area contributed by atoms with Crippen LogP contribution in [0.5, 0.6) is 0 Å². The second kappa shape index (κ2) is 4.97. The van der Waals surface area contributed by atoms with Gasteiger partial charge < -0.3 is 4.74 Å². The topological polar surface area (TPSA) is 67.6 Å². The van der Waals surface area contributed by atoms with Gasteiger partial charge in [-0.05, 0) is 25.0 Å². The second-order valence-electron chi connectivity index (χ2n) is 4.89. The molecule has 5 nitrogen and oxygen atoms in total. The number of nitrogens with one attached hydrogen (secondary N) is 1. The lowest BCUT2D eigenvalue weighted by atomic mass is 10.2. The molecule has 2 bridgehead atoms. The van der Waals surface area contributed by atoms with E-state index in [-0.39, 0.29) is 5.91 Å². The Morgan fingerprint density at radius 2 is 2.17 bits per heavy atom. The molecule has 2 unspecified atom stereocenters. The molecular formula is C12H17N3O2S. The maximum Gasteiger partial charge on any atom is 0.275 e. The van der Waals surface area contributed by atoms with Crippen molar-refractivity contribution in [1.29, 1.82) is 0 Å². The highest BCUT2D eigenvalue weighted by molar-refractivity contribution is 7.14. The summed E-state index contributed by atoms with van der Waals surface area (Å²) in [5.41, 5.74) is 2.16. The maximum absolute atomic E-state index is 11.4. The van der Waals surface area contributed by atoms with Gasteiger partial charge in [0.25, 0.3) is 5.91 Å². The largest absolute Gasteiger partial charge is 0.372 e. The zero-order valence-corrected chi connectivity index (χ0v) is 10.9. The fraction of sp³-hybridized carbons (Fsp3) is 0.583. The predicted molar refractivity (Wildman–Crippen MR) is 69.1 cm³/mol. The molecule has 1 aromatic rings. The van der Waals surface area contributed by atoms with Crippen LogP contribution in [-0.2, 0) is 11.3 Å². The van der Waals surface area contributed by atoms with E-state index in [2.05, 4.69) is 10.3 Å². The van der Waals surface area contributed by atoms with Gasteiger partial charge in [-0.2, -0.15) is 0 Å². The van der Waals surface area contributed by atoms with E-state index < -0.39 is 0 Å². The molecule has 2 atom stereocenters. The highest BCUT2D eigenvalue weighted by atomic mass is 32.1. The summed E-state index contributed by atoms with van der Waals surface area (Å²) in [6, 6.07) is 3.84. The first-order valence-corrected chi connectivity index (χ1v) is 7.03. The van der Waals surface area contributed by atoms with E-state index in [1.165, 1.54) is 29.1 Å². The molecule has 0 saturated carbocycles. The first kappa shape index (κ1) is 12.1. The number of hydrogen-bond acceptors (Lipinski definition) is 5. The van der Waals surface area contributed by atoms with Crippen LogP contribution in [0.3, 0.4) is 0 Å². The number of morpholine rings is 1. The van der Waals surface area contributed by atoms with Crippen LogP contribution in [-0.4, -0.2) is 36.1 Å². The van der Waals surface area contributed by atoms with Crippen molar-refractivity contribution in [1.82, 2.24) is 10.3 Å². The SMILES string of the molecule is NNC(=O)c1ccc(CN2CC3CCC(C2)O3)s1. The quantitative estimate of drug-likeness (QED) is 0.481. The lowest BCUT2D eigenvalue weighted by Crippen LogP contribution is -2.41. The summed E-state index contributed by atoms with van der Waals surface area (Å²) in [7, 11) is 0. The molecule has 6 heteroatoms. The van der Waals surface area contributed by atoms with Crippen molar-refractivity contribution in [2.45, 2.75) is 31.6 Å². The van der Waals surface area contributed by atoms with Crippen molar-refractivity contribution in [2.24, 2.45) is 5.84 Å². The molecule has 2 saturated heterocycles. The van der Waals surface area contributed by atoms with Crippen LogP contribution < -0.4 is 11.3 Å². The summed E-state index contributed by atoms with van der Waals surface area (Å²) in [4.78, 5) is 15.7. The number of ether oxygens (including phenoxy) is 1. The van der Waals surface area contributed by atoms with E-state index in [0.717, 1.165) is 19.6 Å². The third-order valence-electron chi connectivity index (χ3n) is 3.52. The summed E-state index contributed by atoms with van der Waals surface area (Å²) in [5.74, 6) is 4.91. The number of hydrogen-bond donors (Lipinski definition) is 2. The third-order valence-corrected chi connectivity index (χ3v) is 4.58. The first-order chi connectivity index (χ1) is 8.74. The zero-order valence-electron chi connectivity index (χ0n) is 10.1. The number of fused-ring (bicyclic) bond motifs is 2. The minimum atomic E-state index is -0.215. The van der Waals surface area contributed by atoms with Gasteiger partial charge in [0.2, 0.25) is 0 Å². The van der Waals surface area contributed by atoms with E-state index in [4.69, 9.17) is 10.6 Å². The minimum Gasteiger partial charge on any atom is -0.372 e. The van der Waals surface area contributed by atoms with Crippen molar-refractivity contribution in [3.05, 3.63) is 21.9 Å². The third kappa shape index (κ3) is 2.42. The molecule has 2 fully saturated rings. The Morgan fingerprint density at radius 1 is 1.44 bits per heavy atom. The lowest BCUT2D eigenvalue weighted by molar-refractivity contribution is -0.0407. The number of rotatable bonds is 3. The fourth-order valence-corrected chi connectivity index (χ4v) is 3.66. The Morgan fingerprint density at radius 3 is 2.83 bits per heavy atom. The number of likely N-dealkylation sites (tertiary alicyclic amines) is 1. The van der Waals surface area contributed by atoms with Gasteiger partial charge in [-0.3, -0.25) is 15.1 Å². The minimum absolute atomic E-state index is 0.215. The fourth-order valence-electron chi connectivity index (χ4n) is 2.70. The summed E-state index contributed by atoms with van der Waals surface area (Å²) in [6.07, 6.45) is 3.20. The van der Waals surface area contributed by atoms with Crippen LogP contribution >= 0.6 is 11.3 Å². The molecule has 2 aliphatic heterocycles. The molecule has 0 aliphatic carbocycles. The Labute approximate surface area is 110 Å². The maximum atomic E-state index is 11.4. The van der Waals surface area contributed by atoms with E-state index in [1.54, 1.807) is 0 Å². The Hall–Kier alpha value is -0.950. The van der Waals surface area contributed by atoms with Gasteiger partial charge in [-0.1, -0.05) is 0 Å². The zero-order chi connectivity index (χ0) is 12.5. The van der Waals surface area contributed by atoms with Gasteiger partial charge in [-0.15, -0.1) is 11.3 Å². The van der Waals surface area contributed by atoms with E-state index in [1.807, 2.05) is 12.1 Å². The molecule has 0 radical (unpaired) electrons. The number of carbonyl (C=O) groups excluding carboxylic acids is 1. The molecule has 18 heavy (non-hydrogen) atoms. The number of carbonyl (C=O) groups is 1. The monoisotopic (exact) mass is 267 g/mol. The standard InChI is InChI=1S/C12H17N3O2S/c13-14-12(16)11-4-3-10(18-11)7-15-5-8-1-2-9(6-15)17-8/h3-4,8-9H,1-2,5-7,13H2,(H,14,16). The van der Waals surface area contributed by atoms with Gasteiger partial charge in [0.1, 0.15) is 0 Å². The van der Waals surface area contributed by atoms with E-state index in [9.17, 15) is 4.79 Å². The van der Waals surface area contributed by atoms with E-state index >= 15 is 0 Å². The van der Waals surface area contributed by atoms with Crippen LogP contribution in [0.25, 0.3) is 0 Å². The molecule has 2 aliphatic rings. The summed E-state index contributed by atoms with van der Waals surface area (Å²) < 4.78 is 5.81. The van der Waals surface area contributed by atoms with Crippen LogP contribution in [0.4, 0.5) is 0 Å². The highest BCUT2D eigenvalue weighted by Crippen LogP contribution is 2.28. The van der Waals surface area contributed by atoms with Gasteiger partial charge in [0.05, 0.1) is 17.1 Å². The first-order valence-electron chi connectivity index (χ1n) is 6.22. The number of amides is 1. The molecule has 3 N–H and O–H groups in total. The Balaban J connectivity index is 1.62. The van der Waals surface area contributed by atoms with Gasteiger partial charge in [-0.25, -0.2) is 5.84 Å². The van der Waals surface area contributed by atoms with Gasteiger partial charge >= 0.3 is 0 Å². The van der Waals surface area contributed by atoms with Crippen molar-refractivity contribution >= 4 is 17.2 Å². The molecule has 3 rings (SSSR count). The lowest BCUT2D eigenvalue weighted by Gasteiger charge is -2.31. The second-order valence-corrected chi connectivity index (χ2v) is 6.06. The van der Waals surface area contributed by atoms with Gasteiger partial charge in [0, 0.05) is 24.5 Å². The molecular weight excluding hydrogens is 250 g/mol. The summed E-state index contributed by atoms with van der Waals surface area (Å²) in [6.45, 7) is 2.92. The van der Waals surface area contributed by atoms with Gasteiger partial charge in [0.15, 0.2) is 0 Å². The smallest absolute Gasteiger partial charge is 0.275 e. The normalized spacial score (nSPS) is 27.4. The molecule has 1 aromatic heterocycles. The average molecular weight is 267 g/mol. The Bertz CT molecular complexity index is 436. The van der Waals surface area contributed by atoms with Crippen LogP contribution in [0.1, 0.15) is 27.4 Å². The molecule has 98 valence electrons. The van der Waals surface area contributed by atoms with Crippen LogP contribution in [0.15, 0.2) is 12.1 Å². The van der Waals surface area contributed by atoms with Crippen molar-refractivity contribution in [3.63, 3.8) is 0 Å². The number of nitrogen functional groups attached to an aromatic ring is 1. The van der Waals surface area contributed by atoms with Crippen LogP contribution in [0, 0.1) is 0 Å². The van der Waals surface area contributed by atoms with Crippen molar-refractivity contribution in [2.75, 3.05) is 13.1 Å². The predicted octanol–water partition coefficient (Wildman–Crippen LogP) is 0.715. The van der Waals surface area contributed by atoms with Crippen molar-refractivity contribution < 1.29 is 9.53 Å². The molecule has 3 heterocycles. The number of thiophene rings is 1. The highest BCUT2D eigenvalue weighted by Gasteiger charge is 2.33. The molecule has 0 aromatic carbocycles. The van der Waals surface area contributed by atoms with Crippen LogP contribution in [0.2, 0.25) is 0 Å². The van der Waals surface area contributed by atoms with E-state index in [0.29, 0.717) is 17.1 Å². The molecule has 1 amide bonds. The average Bonchev–Trinajstić information content (AvgIpc) is 2.96. The summed E-state index contributed by atoms with van der Waals surface area (Å²) >= 11 is 1.51. The number of nitrogens with two attached hydrogens (primary N) is 1. The number of nitrogens with zero attached hydrogens (tertiary/aromatic N) is 1. The Kier molecular flexibility index (Phi) is 3.34. The number of hydrazine groups is 1. The summed E-state index contributed by atoms with van der Waals surface area (Å²) in [5, 5.41) is 0. The van der Waals surface area contributed by atoms with Crippen molar-refractivity contribution in [3.8, 4) is 0 Å².